The van der Waals surface area contributed by atoms with Crippen LogP contribution in [0.4, 0.5) is 4.79 Å². The molecule has 1 amide bonds. The minimum absolute atomic E-state index is 0.154. The Hall–Kier alpha value is -2.12. The molecule has 7 nitrogen and oxygen atoms in total. The first-order chi connectivity index (χ1) is 14.8. The van der Waals surface area contributed by atoms with Crippen molar-refractivity contribution in [3.05, 3.63) is 35.2 Å². The summed E-state index contributed by atoms with van der Waals surface area (Å²) in [6.07, 6.45) is 5.13. The number of hydrogen-bond acceptors (Lipinski definition) is 6. The number of hydrogen-bond donors (Lipinski definition) is 0. The number of piperidine rings is 1. The summed E-state index contributed by atoms with van der Waals surface area (Å²) >= 11 is 6.28. The molecule has 1 aromatic heterocycles. The molecule has 2 aromatic rings. The molecule has 0 N–H and O–H groups in total. The van der Waals surface area contributed by atoms with Crippen molar-refractivity contribution in [1.29, 1.82) is 0 Å². The van der Waals surface area contributed by atoms with Gasteiger partial charge in [0.1, 0.15) is 5.60 Å². The van der Waals surface area contributed by atoms with Gasteiger partial charge in [0.05, 0.1) is 17.6 Å². The van der Waals surface area contributed by atoms with Gasteiger partial charge in [0.2, 0.25) is 11.7 Å². The quantitative estimate of drug-likeness (QED) is 0.647. The van der Waals surface area contributed by atoms with E-state index in [1.807, 2.05) is 49.9 Å². The lowest BCUT2D eigenvalue weighted by Gasteiger charge is -2.41. The van der Waals surface area contributed by atoms with E-state index in [4.69, 9.17) is 20.9 Å². The van der Waals surface area contributed by atoms with Gasteiger partial charge in [-0.3, -0.25) is 4.90 Å². The molecular weight excluding hydrogens is 416 g/mol. The van der Waals surface area contributed by atoms with Gasteiger partial charge in [-0.15, -0.1) is 0 Å². The first-order valence-electron chi connectivity index (χ1n) is 11.1. The number of carbonyl (C=O) groups excluding carboxylic acids is 1. The molecule has 0 aliphatic carbocycles. The maximum atomic E-state index is 12.8. The zero-order valence-corrected chi connectivity index (χ0v) is 19.3. The van der Waals surface area contributed by atoms with Crippen LogP contribution in [-0.2, 0) is 11.3 Å². The molecule has 0 unspecified atom stereocenters. The number of amides is 1. The summed E-state index contributed by atoms with van der Waals surface area (Å²) in [5.74, 6) is 1.08. The Morgan fingerprint density at radius 3 is 2.71 bits per heavy atom. The van der Waals surface area contributed by atoms with Crippen LogP contribution in [0.3, 0.4) is 0 Å². The minimum Gasteiger partial charge on any atom is -0.444 e. The third kappa shape index (κ3) is 5.21. The van der Waals surface area contributed by atoms with E-state index in [1.54, 1.807) is 0 Å². The van der Waals surface area contributed by atoms with Crippen LogP contribution in [0.1, 0.15) is 58.8 Å². The molecule has 0 radical (unpaired) electrons. The Labute approximate surface area is 188 Å². The lowest BCUT2D eigenvalue weighted by atomic mass is 9.94. The van der Waals surface area contributed by atoms with E-state index in [0.717, 1.165) is 50.8 Å². The number of rotatable bonds is 4. The highest BCUT2D eigenvalue weighted by Crippen LogP contribution is 2.32. The van der Waals surface area contributed by atoms with Gasteiger partial charge in [0.15, 0.2) is 0 Å². The van der Waals surface area contributed by atoms with Gasteiger partial charge in [-0.25, -0.2) is 4.79 Å². The maximum absolute atomic E-state index is 12.8. The smallest absolute Gasteiger partial charge is 0.410 e. The van der Waals surface area contributed by atoms with Crippen molar-refractivity contribution in [1.82, 2.24) is 19.9 Å². The average Bonchev–Trinajstić information content (AvgIpc) is 3.37. The van der Waals surface area contributed by atoms with Gasteiger partial charge in [-0.2, -0.15) is 4.98 Å². The van der Waals surface area contributed by atoms with Gasteiger partial charge in [0.25, 0.3) is 0 Å². The first kappa shape index (κ1) is 22.1. The molecule has 31 heavy (non-hydrogen) atoms. The topological polar surface area (TPSA) is 71.7 Å². The number of aromatic nitrogens is 2. The molecule has 0 spiro atoms. The molecule has 2 atom stereocenters. The van der Waals surface area contributed by atoms with Crippen molar-refractivity contribution in [2.24, 2.45) is 0 Å². The molecule has 2 saturated heterocycles. The summed E-state index contributed by atoms with van der Waals surface area (Å²) in [5, 5.41) is 4.74. The molecular formula is C23H31ClN4O3. The predicted octanol–water partition coefficient (Wildman–Crippen LogP) is 5.14. The van der Waals surface area contributed by atoms with E-state index < -0.39 is 5.60 Å². The molecule has 0 saturated carbocycles. The molecule has 2 aliphatic heterocycles. The number of halogens is 1. The zero-order valence-electron chi connectivity index (χ0n) is 18.5. The van der Waals surface area contributed by atoms with Gasteiger partial charge in [-0.1, -0.05) is 35.3 Å². The Balaban J connectivity index is 1.48. The minimum atomic E-state index is -0.491. The van der Waals surface area contributed by atoms with Gasteiger partial charge >= 0.3 is 6.09 Å². The number of benzene rings is 1. The average molecular weight is 447 g/mol. The molecule has 168 valence electrons. The van der Waals surface area contributed by atoms with Crippen molar-refractivity contribution in [3.63, 3.8) is 0 Å². The fraction of sp³-hybridized carbons (Fsp3) is 0.609. The predicted molar refractivity (Wildman–Crippen MR) is 119 cm³/mol. The summed E-state index contributed by atoms with van der Waals surface area (Å²) < 4.78 is 11.2. The van der Waals surface area contributed by atoms with Gasteiger partial charge < -0.3 is 14.2 Å². The van der Waals surface area contributed by atoms with Gasteiger partial charge in [-0.05, 0) is 65.1 Å². The normalized spacial score (nSPS) is 22.6. The Morgan fingerprint density at radius 2 is 1.94 bits per heavy atom. The lowest BCUT2D eigenvalue weighted by Crippen LogP contribution is -2.53. The van der Waals surface area contributed by atoms with E-state index in [-0.39, 0.29) is 18.2 Å². The maximum Gasteiger partial charge on any atom is 0.410 e. The van der Waals surface area contributed by atoms with E-state index in [0.29, 0.717) is 23.3 Å². The standard InChI is InChI=1S/C23H31ClN4O3/c1-23(2,3)30-22(29)28-14-8-12-19(28)18-11-6-7-13-27(18)15-20-25-21(26-31-20)16-9-4-5-10-17(16)24/h4-5,9-10,18-19H,6-8,11-15H2,1-3H3/t18-,19-/m1/s1. The highest BCUT2D eigenvalue weighted by molar-refractivity contribution is 6.33. The molecule has 3 heterocycles. The number of nitrogens with zero attached hydrogens (tertiary/aromatic N) is 4. The molecule has 8 heteroatoms. The molecule has 1 aromatic carbocycles. The second-order valence-electron chi connectivity index (χ2n) is 9.41. The van der Waals surface area contributed by atoms with Crippen molar-refractivity contribution < 1.29 is 14.1 Å². The van der Waals surface area contributed by atoms with Crippen LogP contribution < -0.4 is 0 Å². The molecule has 4 rings (SSSR count). The Kier molecular flexibility index (Phi) is 6.53. The molecule has 0 bridgehead atoms. The molecule has 2 aliphatic rings. The SMILES string of the molecule is CC(C)(C)OC(=O)N1CCC[C@@H]1[C@H]1CCCCN1Cc1nc(-c2ccccc2Cl)no1. The Morgan fingerprint density at radius 1 is 1.16 bits per heavy atom. The second-order valence-corrected chi connectivity index (χ2v) is 9.82. The summed E-state index contributed by atoms with van der Waals surface area (Å²) in [5.41, 5.74) is 0.274. The summed E-state index contributed by atoms with van der Waals surface area (Å²) in [7, 11) is 0. The Bertz CT molecular complexity index is 910. The number of carbonyl (C=O) groups is 1. The van der Waals surface area contributed by atoms with Crippen molar-refractivity contribution in [3.8, 4) is 11.4 Å². The van der Waals surface area contributed by atoms with E-state index in [1.165, 1.54) is 0 Å². The van der Waals surface area contributed by atoms with Crippen LogP contribution in [0.5, 0.6) is 0 Å². The number of ether oxygens (including phenoxy) is 1. The van der Waals surface area contributed by atoms with E-state index in [2.05, 4.69) is 15.0 Å². The van der Waals surface area contributed by atoms with Crippen LogP contribution >= 0.6 is 11.6 Å². The van der Waals surface area contributed by atoms with Crippen LogP contribution in [0, 0.1) is 0 Å². The zero-order chi connectivity index (χ0) is 22.0. The summed E-state index contributed by atoms with van der Waals surface area (Å²) in [6, 6.07) is 7.91. The third-order valence-electron chi connectivity index (χ3n) is 5.96. The lowest BCUT2D eigenvalue weighted by molar-refractivity contribution is 0.00514. The fourth-order valence-electron chi connectivity index (χ4n) is 4.63. The summed E-state index contributed by atoms with van der Waals surface area (Å²) in [6.45, 7) is 8.01. The van der Waals surface area contributed by atoms with Crippen LogP contribution in [0.25, 0.3) is 11.4 Å². The van der Waals surface area contributed by atoms with Crippen molar-refractivity contribution in [2.45, 2.75) is 77.1 Å². The van der Waals surface area contributed by atoms with Crippen molar-refractivity contribution in [2.75, 3.05) is 13.1 Å². The highest BCUT2D eigenvalue weighted by Gasteiger charge is 2.40. The highest BCUT2D eigenvalue weighted by atomic mass is 35.5. The third-order valence-corrected chi connectivity index (χ3v) is 6.29. The molecule has 2 fully saturated rings. The first-order valence-corrected chi connectivity index (χ1v) is 11.5. The van der Waals surface area contributed by atoms with Gasteiger partial charge in [0, 0.05) is 18.2 Å². The largest absolute Gasteiger partial charge is 0.444 e. The van der Waals surface area contributed by atoms with Crippen LogP contribution in [0.2, 0.25) is 5.02 Å². The van der Waals surface area contributed by atoms with Crippen LogP contribution in [-0.4, -0.2) is 56.8 Å². The van der Waals surface area contributed by atoms with E-state index >= 15 is 0 Å². The number of likely N-dealkylation sites (tertiary alicyclic amines) is 2. The van der Waals surface area contributed by atoms with E-state index in [9.17, 15) is 4.79 Å². The second kappa shape index (κ2) is 9.17. The van der Waals surface area contributed by atoms with Crippen LogP contribution in [0.15, 0.2) is 28.8 Å². The monoisotopic (exact) mass is 446 g/mol. The fourth-order valence-corrected chi connectivity index (χ4v) is 4.85. The summed E-state index contributed by atoms with van der Waals surface area (Å²) in [4.78, 5) is 21.7. The van der Waals surface area contributed by atoms with Crippen molar-refractivity contribution >= 4 is 17.7 Å².